The molecule has 3 nitrogen and oxygen atoms in total. The Morgan fingerprint density at radius 1 is 1.07 bits per heavy atom. The molecule has 0 saturated heterocycles. The van der Waals surface area contributed by atoms with Gasteiger partial charge in [0.1, 0.15) is 17.7 Å². The maximum atomic E-state index is 14.3. The van der Waals surface area contributed by atoms with Crippen LogP contribution in [-0.2, 0) is 13.0 Å². The van der Waals surface area contributed by atoms with E-state index in [1.165, 1.54) is 6.07 Å². The fourth-order valence-electron chi connectivity index (χ4n) is 3.89. The molecule has 2 N–H and O–H groups in total. The SMILES string of the molecule is OCCNCc1ccc(OC2CCc3c(-c4ccccc4F)cccc32)c(Cl)c1. The van der Waals surface area contributed by atoms with Crippen LogP contribution in [0, 0.1) is 5.82 Å². The third-order valence-corrected chi connectivity index (χ3v) is 5.56. The molecule has 1 unspecified atom stereocenters. The first-order valence-corrected chi connectivity index (χ1v) is 10.2. The molecule has 0 radical (unpaired) electrons. The number of halogens is 2. The number of ether oxygens (including phenoxy) is 1. The molecule has 1 atom stereocenters. The lowest BCUT2D eigenvalue weighted by molar-refractivity contribution is 0.207. The lowest BCUT2D eigenvalue weighted by atomic mass is 9.96. The zero-order valence-electron chi connectivity index (χ0n) is 16.0. The Kier molecular flexibility index (Phi) is 6.14. The van der Waals surface area contributed by atoms with Crippen molar-refractivity contribution in [3.8, 4) is 16.9 Å². The molecule has 0 aromatic heterocycles. The zero-order chi connectivity index (χ0) is 20.2. The van der Waals surface area contributed by atoms with E-state index in [4.69, 9.17) is 21.4 Å². The normalized spacial score (nSPS) is 15.3. The van der Waals surface area contributed by atoms with Crippen molar-refractivity contribution in [2.75, 3.05) is 13.2 Å². The van der Waals surface area contributed by atoms with Crippen LogP contribution in [0.1, 0.15) is 29.2 Å². The Morgan fingerprint density at radius 2 is 1.90 bits per heavy atom. The molecule has 5 heteroatoms. The summed E-state index contributed by atoms with van der Waals surface area (Å²) in [6.07, 6.45) is 1.56. The Hall–Kier alpha value is -2.40. The van der Waals surface area contributed by atoms with Crippen LogP contribution in [0.5, 0.6) is 5.75 Å². The number of rotatable bonds is 7. The average Bonchev–Trinajstić information content (AvgIpc) is 3.14. The highest BCUT2D eigenvalue weighted by Gasteiger charge is 2.27. The molecule has 4 rings (SSSR count). The molecule has 0 aliphatic heterocycles. The highest BCUT2D eigenvalue weighted by molar-refractivity contribution is 6.32. The topological polar surface area (TPSA) is 41.5 Å². The molecule has 0 fully saturated rings. The van der Waals surface area contributed by atoms with Crippen molar-refractivity contribution in [3.63, 3.8) is 0 Å². The second-order valence-electron chi connectivity index (χ2n) is 7.16. The van der Waals surface area contributed by atoms with Gasteiger partial charge in [-0.05, 0) is 53.3 Å². The molecule has 0 saturated carbocycles. The van der Waals surface area contributed by atoms with Crippen LogP contribution >= 0.6 is 11.6 Å². The summed E-state index contributed by atoms with van der Waals surface area (Å²) in [6.45, 7) is 1.28. The van der Waals surface area contributed by atoms with Crippen LogP contribution in [-0.4, -0.2) is 18.3 Å². The first-order valence-electron chi connectivity index (χ1n) is 9.80. The molecule has 0 amide bonds. The van der Waals surface area contributed by atoms with Crippen molar-refractivity contribution in [1.29, 1.82) is 0 Å². The molecule has 1 aliphatic rings. The van der Waals surface area contributed by atoms with Gasteiger partial charge in [0, 0.05) is 18.7 Å². The van der Waals surface area contributed by atoms with Crippen LogP contribution in [0.4, 0.5) is 4.39 Å². The Bertz CT molecular complexity index is 1010. The number of aliphatic hydroxyl groups is 1. The summed E-state index contributed by atoms with van der Waals surface area (Å²) < 4.78 is 20.6. The highest BCUT2D eigenvalue weighted by Crippen LogP contribution is 2.41. The van der Waals surface area contributed by atoms with Gasteiger partial charge in [0.15, 0.2) is 0 Å². The molecule has 1 aliphatic carbocycles. The standard InChI is InChI=1S/C24H23ClFNO2/c25-21-14-16(15-27-12-13-28)8-10-24(21)29-23-11-9-18-17(5-3-6-20(18)23)19-4-1-2-7-22(19)26/h1-8,10,14,23,27-28H,9,11-13,15H2. The molecule has 3 aromatic carbocycles. The van der Waals surface area contributed by atoms with E-state index < -0.39 is 0 Å². The summed E-state index contributed by atoms with van der Waals surface area (Å²) in [6, 6.07) is 18.6. The first kappa shape index (κ1) is 19.9. The maximum Gasteiger partial charge on any atom is 0.138 e. The number of fused-ring (bicyclic) bond motifs is 1. The average molecular weight is 412 g/mol. The van der Waals surface area contributed by atoms with Crippen LogP contribution in [0.15, 0.2) is 60.7 Å². The van der Waals surface area contributed by atoms with Crippen molar-refractivity contribution < 1.29 is 14.2 Å². The van der Waals surface area contributed by atoms with Gasteiger partial charge in [-0.2, -0.15) is 0 Å². The molecule has 29 heavy (non-hydrogen) atoms. The number of nitrogens with one attached hydrogen (secondary N) is 1. The number of benzene rings is 3. The van der Waals surface area contributed by atoms with Gasteiger partial charge in [0.2, 0.25) is 0 Å². The number of hydrogen-bond donors (Lipinski definition) is 2. The van der Waals surface area contributed by atoms with Gasteiger partial charge in [-0.3, -0.25) is 0 Å². The van der Waals surface area contributed by atoms with Crippen molar-refractivity contribution in [2.24, 2.45) is 0 Å². The minimum absolute atomic E-state index is 0.102. The van der Waals surface area contributed by atoms with E-state index in [9.17, 15) is 4.39 Å². The van der Waals surface area contributed by atoms with Crippen molar-refractivity contribution in [1.82, 2.24) is 5.32 Å². The highest BCUT2D eigenvalue weighted by atomic mass is 35.5. The molecule has 0 heterocycles. The van der Waals surface area contributed by atoms with E-state index in [1.807, 2.05) is 42.5 Å². The van der Waals surface area contributed by atoms with Gasteiger partial charge in [0.05, 0.1) is 11.6 Å². The van der Waals surface area contributed by atoms with Crippen molar-refractivity contribution >= 4 is 11.6 Å². The van der Waals surface area contributed by atoms with E-state index in [0.29, 0.717) is 29.4 Å². The monoisotopic (exact) mass is 411 g/mol. The first-order chi connectivity index (χ1) is 14.2. The van der Waals surface area contributed by atoms with E-state index in [-0.39, 0.29) is 18.5 Å². The predicted molar refractivity (Wildman–Crippen MR) is 114 cm³/mol. The fraction of sp³-hybridized carbons (Fsp3) is 0.250. The molecular weight excluding hydrogens is 389 g/mol. The quantitative estimate of drug-likeness (QED) is 0.519. The second-order valence-corrected chi connectivity index (χ2v) is 7.57. The van der Waals surface area contributed by atoms with E-state index in [0.717, 1.165) is 35.1 Å². The third-order valence-electron chi connectivity index (χ3n) is 5.26. The van der Waals surface area contributed by atoms with Gasteiger partial charge in [-0.1, -0.05) is 54.1 Å². The molecular formula is C24H23ClFNO2. The number of aliphatic hydroxyl groups excluding tert-OH is 1. The third kappa shape index (κ3) is 4.30. The summed E-state index contributed by atoms with van der Waals surface area (Å²) in [7, 11) is 0. The fourth-order valence-corrected chi connectivity index (χ4v) is 4.13. The van der Waals surface area contributed by atoms with Crippen molar-refractivity contribution in [3.05, 3.63) is 88.2 Å². The van der Waals surface area contributed by atoms with E-state index in [2.05, 4.69) is 11.4 Å². The van der Waals surface area contributed by atoms with Crippen LogP contribution < -0.4 is 10.1 Å². The summed E-state index contributed by atoms with van der Waals surface area (Å²) in [5.41, 5.74) is 4.83. The van der Waals surface area contributed by atoms with Gasteiger partial charge in [-0.15, -0.1) is 0 Å². The van der Waals surface area contributed by atoms with E-state index in [1.54, 1.807) is 6.07 Å². The Balaban J connectivity index is 1.55. The molecule has 3 aromatic rings. The predicted octanol–water partition coefficient (Wildman–Crippen LogP) is 5.29. The van der Waals surface area contributed by atoms with Crippen molar-refractivity contribution in [2.45, 2.75) is 25.5 Å². The number of hydrogen-bond acceptors (Lipinski definition) is 3. The largest absolute Gasteiger partial charge is 0.484 e. The molecule has 150 valence electrons. The summed E-state index contributed by atoms with van der Waals surface area (Å²) in [4.78, 5) is 0. The summed E-state index contributed by atoms with van der Waals surface area (Å²) in [5, 5.41) is 12.6. The lowest BCUT2D eigenvalue weighted by Gasteiger charge is -2.17. The zero-order valence-corrected chi connectivity index (χ0v) is 16.8. The van der Waals surface area contributed by atoms with Crippen LogP contribution in [0.2, 0.25) is 5.02 Å². The molecule has 0 bridgehead atoms. The van der Waals surface area contributed by atoms with Crippen LogP contribution in [0.3, 0.4) is 0 Å². The smallest absolute Gasteiger partial charge is 0.138 e. The van der Waals surface area contributed by atoms with Crippen LogP contribution in [0.25, 0.3) is 11.1 Å². The Labute approximate surface area is 175 Å². The van der Waals surface area contributed by atoms with Gasteiger partial charge >= 0.3 is 0 Å². The van der Waals surface area contributed by atoms with E-state index >= 15 is 0 Å². The Morgan fingerprint density at radius 3 is 2.69 bits per heavy atom. The maximum absolute atomic E-state index is 14.3. The minimum Gasteiger partial charge on any atom is -0.484 e. The summed E-state index contributed by atoms with van der Waals surface area (Å²) in [5.74, 6) is 0.436. The van der Waals surface area contributed by atoms with Gasteiger partial charge < -0.3 is 15.2 Å². The van der Waals surface area contributed by atoms with Gasteiger partial charge in [-0.25, -0.2) is 4.39 Å². The van der Waals surface area contributed by atoms with Gasteiger partial charge in [0.25, 0.3) is 0 Å². The molecule has 0 spiro atoms. The summed E-state index contributed by atoms with van der Waals surface area (Å²) >= 11 is 6.44. The lowest BCUT2D eigenvalue weighted by Crippen LogP contribution is -2.17. The minimum atomic E-state index is -0.210. The second kappa shape index (κ2) is 8.95.